The summed E-state index contributed by atoms with van der Waals surface area (Å²) in [5.74, 6) is -2.77. The molecule has 3 rings (SSSR count). The summed E-state index contributed by atoms with van der Waals surface area (Å²) in [4.78, 5) is 24.3. The molecule has 1 unspecified atom stereocenters. The van der Waals surface area contributed by atoms with Gasteiger partial charge in [-0.05, 0) is 54.3 Å². The van der Waals surface area contributed by atoms with E-state index in [1.807, 2.05) is 13.8 Å². The fourth-order valence-electron chi connectivity index (χ4n) is 3.36. The van der Waals surface area contributed by atoms with Crippen LogP contribution in [0.25, 0.3) is 0 Å². The largest absolute Gasteiger partial charge is 0.325 e. The van der Waals surface area contributed by atoms with Gasteiger partial charge in [0.15, 0.2) is 0 Å². The lowest BCUT2D eigenvalue weighted by Gasteiger charge is -2.17. The van der Waals surface area contributed by atoms with Crippen LogP contribution in [0.2, 0.25) is 0 Å². The van der Waals surface area contributed by atoms with Crippen molar-refractivity contribution in [2.75, 3.05) is 5.32 Å². The Morgan fingerprint density at radius 2 is 1.72 bits per heavy atom. The third-order valence-electron chi connectivity index (χ3n) is 5.17. The molecule has 0 aliphatic heterocycles. The van der Waals surface area contributed by atoms with Crippen molar-refractivity contribution < 1.29 is 27.6 Å². The van der Waals surface area contributed by atoms with E-state index in [1.54, 1.807) is 30.5 Å². The van der Waals surface area contributed by atoms with Crippen LogP contribution in [-0.4, -0.2) is 40.4 Å². The molecule has 1 atom stereocenters. The van der Waals surface area contributed by atoms with Crippen LogP contribution in [0.15, 0.2) is 59.6 Å². The Morgan fingerprint density at radius 3 is 2.33 bits per heavy atom. The highest BCUT2D eigenvalue weighted by molar-refractivity contribution is 7.89. The third kappa shape index (κ3) is 7.41. The topological polar surface area (TPSA) is 155 Å². The highest BCUT2D eigenvalue weighted by Crippen LogP contribution is 2.17. The number of hydroxylamine groups is 1. The Morgan fingerprint density at radius 1 is 1.06 bits per heavy atom. The summed E-state index contributed by atoms with van der Waals surface area (Å²) in [6, 6.07) is 11.3. The number of nitrogens with one attached hydrogen (secondary N) is 3. The Hall–Kier alpha value is -3.68. The summed E-state index contributed by atoms with van der Waals surface area (Å²) in [6.45, 7) is 3.99. The highest BCUT2D eigenvalue weighted by atomic mass is 32.2. The molecule has 0 fully saturated rings. The van der Waals surface area contributed by atoms with Gasteiger partial charge in [-0.1, -0.05) is 31.2 Å². The lowest BCUT2D eigenvalue weighted by atomic mass is 9.95. The van der Waals surface area contributed by atoms with Crippen LogP contribution in [0.4, 0.5) is 10.1 Å². The van der Waals surface area contributed by atoms with E-state index in [0.717, 1.165) is 17.7 Å². The van der Waals surface area contributed by atoms with E-state index in [-0.39, 0.29) is 23.8 Å². The number of rotatable bonds is 11. The van der Waals surface area contributed by atoms with E-state index < -0.39 is 33.6 Å². The minimum absolute atomic E-state index is 0.0593. The Labute approximate surface area is 207 Å². The number of benzene rings is 2. The third-order valence-corrected chi connectivity index (χ3v) is 6.59. The van der Waals surface area contributed by atoms with Crippen molar-refractivity contribution in [3.05, 3.63) is 71.8 Å². The molecule has 0 saturated carbocycles. The second kappa shape index (κ2) is 11.8. The first kappa shape index (κ1) is 26.9. The molecular weight excluding hydrogens is 491 g/mol. The first-order chi connectivity index (χ1) is 17.1. The van der Waals surface area contributed by atoms with E-state index in [4.69, 9.17) is 5.21 Å². The molecule has 0 saturated heterocycles. The summed E-state index contributed by atoms with van der Waals surface area (Å²) in [6.07, 6.45) is 1.87. The molecule has 1 aromatic heterocycles. The van der Waals surface area contributed by atoms with Gasteiger partial charge in [0.05, 0.1) is 29.9 Å². The maximum absolute atomic E-state index is 13.0. The molecule has 11 nitrogen and oxygen atoms in total. The van der Waals surface area contributed by atoms with Crippen molar-refractivity contribution in [3.8, 4) is 0 Å². The molecule has 0 aliphatic carbocycles. The molecule has 192 valence electrons. The van der Waals surface area contributed by atoms with Crippen molar-refractivity contribution in [3.63, 3.8) is 0 Å². The SMILES string of the molecule is CC(C)CC(C(=O)NO)C(=O)Nc1ccc(Cn2cc(CNS(=O)(=O)c3ccc(F)cc3)nn2)cc1. The summed E-state index contributed by atoms with van der Waals surface area (Å²) in [7, 11) is -3.83. The van der Waals surface area contributed by atoms with Crippen molar-refractivity contribution in [1.82, 2.24) is 25.2 Å². The van der Waals surface area contributed by atoms with Crippen LogP contribution in [-0.2, 0) is 32.7 Å². The molecule has 2 aromatic carbocycles. The van der Waals surface area contributed by atoms with Crippen molar-refractivity contribution in [2.24, 2.45) is 11.8 Å². The monoisotopic (exact) mass is 518 g/mol. The molecule has 13 heteroatoms. The second-order valence-corrected chi connectivity index (χ2v) is 10.3. The summed E-state index contributed by atoms with van der Waals surface area (Å²) >= 11 is 0. The summed E-state index contributed by atoms with van der Waals surface area (Å²) in [5.41, 5.74) is 3.25. The van der Waals surface area contributed by atoms with Crippen LogP contribution in [0.1, 0.15) is 31.5 Å². The number of halogens is 1. The van der Waals surface area contributed by atoms with Crippen LogP contribution >= 0.6 is 0 Å². The van der Waals surface area contributed by atoms with E-state index in [0.29, 0.717) is 17.9 Å². The van der Waals surface area contributed by atoms with E-state index in [2.05, 4.69) is 20.4 Å². The zero-order valence-electron chi connectivity index (χ0n) is 19.7. The second-order valence-electron chi connectivity index (χ2n) is 8.53. The van der Waals surface area contributed by atoms with Crippen LogP contribution < -0.4 is 15.5 Å². The smallest absolute Gasteiger partial charge is 0.255 e. The number of hydrogen-bond donors (Lipinski definition) is 4. The van der Waals surface area contributed by atoms with Gasteiger partial charge in [0.1, 0.15) is 11.7 Å². The zero-order chi connectivity index (χ0) is 26.3. The Bertz CT molecular complexity index is 1290. The summed E-state index contributed by atoms with van der Waals surface area (Å²) < 4.78 is 41.6. The van der Waals surface area contributed by atoms with Gasteiger partial charge in [0.25, 0.3) is 5.91 Å². The Kier molecular flexibility index (Phi) is 8.85. The molecule has 0 spiro atoms. The number of aromatic nitrogens is 3. The molecule has 3 aromatic rings. The molecular formula is C23H27FN6O5S. The maximum Gasteiger partial charge on any atom is 0.255 e. The van der Waals surface area contributed by atoms with Gasteiger partial charge in [-0.25, -0.2) is 27.7 Å². The predicted molar refractivity (Wildman–Crippen MR) is 127 cm³/mol. The quantitative estimate of drug-likeness (QED) is 0.172. The van der Waals surface area contributed by atoms with Gasteiger partial charge in [-0.2, -0.15) is 0 Å². The molecule has 4 N–H and O–H groups in total. The van der Waals surface area contributed by atoms with Gasteiger partial charge in [-0.3, -0.25) is 14.8 Å². The van der Waals surface area contributed by atoms with E-state index in [1.165, 1.54) is 22.3 Å². The van der Waals surface area contributed by atoms with E-state index >= 15 is 0 Å². The minimum atomic E-state index is -3.83. The maximum atomic E-state index is 13.0. The lowest BCUT2D eigenvalue weighted by Crippen LogP contribution is -2.37. The van der Waals surface area contributed by atoms with Crippen LogP contribution in [0.3, 0.4) is 0 Å². The van der Waals surface area contributed by atoms with Gasteiger partial charge < -0.3 is 5.32 Å². The van der Waals surface area contributed by atoms with Crippen LogP contribution in [0.5, 0.6) is 0 Å². The molecule has 0 bridgehead atoms. The van der Waals surface area contributed by atoms with Gasteiger partial charge in [0.2, 0.25) is 15.9 Å². The molecule has 2 amide bonds. The number of sulfonamides is 1. The molecule has 36 heavy (non-hydrogen) atoms. The fraction of sp³-hybridized carbons (Fsp3) is 0.304. The zero-order valence-corrected chi connectivity index (χ0v) is 20.5. The number of anilines is 1. The van der Waals surface area contributed by atoms with Crippen LogP contribution in [0, 0.1) is 17.7 Å². The average Bonchev–Trinajstić information content (AvgIpc) is 3.29. The number of hydrogen-bond acceptors (Lipinski definition) is 7. The molecule has 0 radical (unpaired) electrons. The Balaban J connectivity index is 1.56. The lowest BCUT2D eigenvalue weighted by molar-refractivity contribution is -0.139. The first-order valence-corrected chi connectivity index (χ1v) is 12.5. The predicted octanol–water partition coefficient (Wildman–Crippen LogP) is 2.05. The van der Waals surface area contributed by atoms with Gasteiger partial charge >= 0.3 is 0 Å². The number of carbonyl (C=O) groups is 2. The minimum Gasteiger partial charge on any atom is -0.325 e. The fourth-order valence-corrected chi connectivity index (χ4v) is 4.35. The number of carbonyl (C=O) groups excluding carboxylic acids is 2. The van der Waals surface area contributed by atoms with Crippen molar-refractivity contribution in [2.45, 2.75) is 38.3 Å². The van der Waals surface area contributed by atoms with Gasteiger partial charge in [0, 0.05) is 5.69 Å². The molecule has 0 aliphatic rings. The highest BCUT2D eigenvalue weighted by Gasteiger charge is 2.27. The van der Waals surface area contributed by atoms with Crippen molar-refractivity contribution in [1.29, 1.82) is 0 Å². The average molecular weight is 519 g/mol. The normalized spacial score (nSPS) is 12.4. The number of nitrogens with zero attached hydrogens (tertiary/aromatic N) is 3. The molecule has 1 heterocycles. The summed E-state index contributed by atoms with van der Waals surface area (Å²) in [5, 5.41) is 19.5. The standard InChI is InChI=1S/C23H27FN6O5S/c1-15(2)11-21(23(32)28-33)22(31)26-18-7-3-16(4-8-18)13-30-14-19(27-29-30)12-25-36(34,35)20-9-5-17(24)6-10-20/h3-10,14-15,21,25,33H,11-13H2,1-2H3,(H,26,31)(H,28,32). The first-order valence-electron chi connectivity index (χ1n) is 11.1. The van der Waals surface area contributed by atoms with E-state index in [9.17, 15) is 22.4 Å². The number of amides is 2. The van der Waals surface area contributed by atoms with Gasteiger partial charge in [-0.15, -0.1) is 5.10 Å². The van der Waals surface area contributed by atoms with Crippen molar-refractivity contribution >= 4 is 27.5 Å².